The lowest BCUT2D eigenvalue weighted by Crippen LogP contribution is -2.55. The minimum atomic E-state index is 0.569. The average Bonchev–Trinajstić information content (AvgIpc) is 3.93. The fourth-order valence-corrected chi connectivity index (χ4v) is 19.3. The fraction of sp³-hybridized carbons (Fsp3) is 1.00. The van der Waals surface area contributed by atoms with Crippen molar-refractivity contribution >= 4 is 0 Å². The zero-order chi connectivity index (χ0) is 39.1. The molecule has 0 N–H and O–H groups in total. The third-order valence-corrected chi connectivity index (χ3v) is 22.1. The van der Waals surface area contributed by atoms with Crippen molar-refractivity contribution in [2.45, 2.75) is 280 Å². The van der Waals surface area contributed by atoms with Crippen molar-refractivity contribution in [2.24, 2.45) is 71.0 Å². The lowest BCUT2D eigenvalue weighted by atomic mass is 9.58. The minimum Gasteiger partial charge on any atom is -0.374 e. The summed E-state index contributed by atoms with van der Waals surface area (Å²) >= 11 is 0. The van der Waals surface area contributed by atoms with E-state index in [1.54, 1.807) is 77.0 Å². The number of fused-ring (bicyclic) bond motifs is 4. The highest BCUT2D eigenvalue weighted by molar-refractivity contribution is 5.06. The Kier molecular flexibility index (Phi) is 13.5. The Labute approximate surface area is 364 Å². The van der Waals surface area contributed by atoms with Crippen molar-refractivity contribution in [3.05, 3.63) is 0 Å². The van der Waals surface area contributed by atoms with Gasteiger partial charge in [0.15, 0.2) is 0 Å². The molecule has 3 nitrogen and oxygen atoms in total. The topological polar surface area (TPSA) is 21.7 Å². The summed E-state index contributed by atoms with van der Waals surface area (Å²) in [7, 11) is 0. The molecule has 2 aliphatic heterocycles. The second-order valence-corrected chi connectivity index (χ2v) is 24.7. The van der Waals surface area contributed by atoms with Crippen LogP contribution in [0.3, 0.4) is 0 Å². The fourth-order valence-electron chi connectivity index (χ4n) is 19.3. The van der Waals surface area contributed by atoms with Crippen molar-refractivity contribution in [2.75, 3.05) is 0 Å². The lowest BCUT2D eigenvalue weighted by molar-refractivity contribution is -0.0465. The van der Waals surface area contributed by atoms with Gasteiger partial charge in [-0.25, -0.2) is 0 Å². The number of hydrogen-bond donors (Lipinski definition) is 0. The maximum Gasteiger partial charge on any atom is 0.0613 e. The van der Waals surface area contributed by atoms with Crippen molar-refractivity contribution in [3.63, 3.8) is 0 Å². The Hall–Kier alpha value is -0.120. The number of ether oxygens (including phenoxy) is 2. The third-order valence-electron chi connectivity index (χ3n) is 22.1. The van der Waals surface area contributed by atoms with E-state index in [0.29, 0.717) is 24.4 Å². The largest absolute Gasteiger partial charge is 0.374 e. The van der Waals surface area contributed by atoms with Gasteiger partial charge in [0.2, 0.25) is 0 Å². The molecule has 3 heteroatoms. The van der Waals surface area contributed by atoms with Crippen molar-refractivity contribution in [3.8, 4) is 0 Å². The summed E-state index contributed by atoms with van der Waals surface area (Å²) in [6, 6.07) is 2.57. The first-order valence-corrected chi connectivity index (χ1v) is 28.3. The van der Waals surface area contributed by atoms with Crippen LogP contribution in [0.25, 0.3) is 0 Å². The van der Waals surface area contributed by atoms with Crippen LogP contribution < -0.4 is 0 Å². The Morgan fingerprint density at radius 3 is 1.22 bits per heavy atom. The molecular formula is C56H93NO2. The second kappa shape index (κ2) is 19.2. The van der Waals surface area contributed by atoms with Gasteiger partial charge in [-0.1, -0.05) is 96.3 Å². The molecule has 334 valence electrons. The Morgan fingerprint density at radius 1 is 0.237 bits per heavy atom. The predicted octanol–water partition coefficient (Wildman–Crippen LogP) is 14.9. The molecule has 10 atom stereocenters. The summed E-state index contributed by atoms with van der Waals surface area (Å²) in [5.41, 5.74) is 0. The summed E-state index contributed by atoms with van der Waals surface area (Å²) < 4.78 is 14.4. The molecule has 59 heavy (non-hydrogen) atoms. The summed E-state index contributed by atoms with van der Waals surface area (Å²) in [5, 5.41) is 0. The van der Waals surface area contributed by atoms with Crippen LogP contribution in [-0.4, -0.2) is 47.4 Å². The van der Waals surface area contributed by atoms with Crippen LogP contribution in [0.4, 0.5) is 0 Å². The van der Waals surface area contributed by atoms with Crippen LogP contribution >= 0.6 is 0 Å². The van der Waals surface area contributed by atoms with Crippen molar-refractivity contribution in [1.82, 2.24) is 4.90 Å². The molecule has 10 unspecified atom stereocenters. The second-order valence-electron chi connectivity index (χ2n) is 24.7. The number of rotatable bonds is 8. The van der Waals surface area contributed by atoms with Crippen LogP contribution in [0, 0.1) is 71.0 Å². The maximum atomic E-state index is 7.30. The van der Waals surface area contributed by atoms with E-state index in [-0.39, 0.29) is 0 Å². The highest BCUT2D eigenvalue weighted by Crippen LogP contribution is 2.58. The first-order chi connectivity index (χ1) is 29.2. The zero-order valence-corrected chi connectivity index (χ0v) is 38.4. The highest BCUT2D eigenvalue weighted by atomic mass is 16.5. The van der Waals surface area contributed by atoms with E-state index < -0.39 is 0 Å². The molecule has 0 bridgehead atoms. The summed E-state index contributed by atoms with van der Waals surface area (Å²) in [6.07, 6.45) is 57.9. The molecule has 0 radical (unpaired) electrons. The molecule has 0 aromatic carbocycles. The van der Waals surface area contributed by atoms with Crippen LogP contribution in [-0.2, 0) is 9.47 Å². The molecule has 9 aliphatic carbocycles. The van der Waals surface area contributed by atoms with Gasteiger partial charge in [0.1, 0.15) is 0 Å². The number of nitrogens with zero attached hydrogens (tertiary/aromatic N) is 1. The molecule has 2 heterocycles. The lowest BCUT2D eigenvalue weighted by Gasteiger charge is -2.52. The summed E-state index contributed by atoms with van der Waals surface area (Å²) in [4.78, 5) is 3.38. The molecule has 11 fully saturated rings. The molecule has 11 rings (SSSR count). The maximum absolute atomic E-state index is 7.30. The normalized spacial score (nSPS) is 48.4. The zero-order valence-electron chi connectivity index (χ0n) is 38.4. The smallest absolute Gasteiger partial charge is 0.0613 e. The average molecular weight is 812 g/mol. The van der Waals surface area contributed by atoms with Gasteiger partial charge in [-0.2, -0.15) is 0 Å². The minimum absolute atomic E-state index is 0.569. The van der Waals surface area contributed by atoms with Gasteiger partial charge >= 0.3 is 0 Å². The summed E-state index contributed by atoms with van der Waals surface area (Å²) in [5.74, 6) is 11.6. The van der Waals surface area contributed by atoms with E-state index in [9.17, 15) is 0 Å². The Balaban J connectivity index is 0.776. The van der Waals surface area contributed by atoms with Crippen LogP contribution in [0.2, 0.25) is 0 Å². The van der Waals surface area contributed by atoms with E-state index in [1.807, 2.05) is 0 Å². The van der Waals surface area contributed by atoms with Gasteiger partial charge in [-0.05, 0) is 212 Å². The molecule has 9 saturated carbocycles. The van der Waals surface area contributed by atoms with Crippen LogP contribution in [0.5, 0.6) is 0 Å². The quantitative estimate of drug-likeness (QED) is 0.244. The van der Waals surface area contributed by atoms with Crippen molar-refractivity contribution < 1.29 is 9.47 Å². The van der Waals surface area contributed by atoms with Crippen molar-refractivity contribution in [1.29, 1.82) is 0 Å². The molecular weight excluding hydrogens is 719 g/mol. The van der Waals surface area contributed by atoms with Crippen LogP contribution in [0.15, 0.2) is 0 Å². The van der Waals surface area contributed by atoms with Crippen LogP contribution in [0.1, 0.15) is 238 Å². The van der Waals surface area contributed by atoms with Gasteiger partial charge in [0.05, 0.1) is 24.4 Å². The van der Waals surface area contributed by atoms with Gasteiger partial charge in [-0.3, -0.25) is 4.90 Å². The first-order valence-electron chi connectivity index (χ1n) is 28.3. The SMILES string of the molecule is C1CCC(C2CCC(C3CCC(N(C4CCC(C5CCCCC5)CC4)C4CCC5OC6CCCC(C7CCCC8OC(C9CCCCC9)CC87)C6C5C4)CC3)CC2)CC1. The molecule has 0 aromatic heterocycles. The van der Waals surface area contributed by atoms with E-state index >= 15 is 0 Å². The predicted molar refractivity (Wildman–Crippen MR) is 243 cm³/mol. The first kappa shape index (κ1) is 41.6. The third kappa shape index (κ3) is 8.85. The van der Waals surface area contributed by atoms with Gasteiger partial charge in [0, 0.05) is 18.1 Å². The van der Waals surface area contributed by atoms with Gasteiger partial charge < -0.3 is 9.47 Å². The molecule has 2 saturated heterocycles. The van der Waals surface area contributed by atoms with Gasteiger partial charge in [0.25, 0.3) is 0 Å². The van der Waals surface area contributed by atoms with E-state index in [4.69, 9.17) is 9.47 Å². The summed E-state index contributed by atoms with van der Waals surface area (Å²) in [6.45, 7) is 0. The Morgan fingerprint density at radius 2 is 0.661 bits per heavy atom. The van der Waals surface area contributed by atoms with E-state index in [1.165, 1.54) is 161 Å². The van der Waals surface area contributed by atoms with E-state index in [2.05, 4.69) is 4.90 Å². The molecule has 11 aliphatic rings. The molecule has 0 aromatic rings. The monoisotopic (exact) mass is 812 g/mol. The molecule has 0 amide bonds. The standard InChI is InChI=1S/C56H93NO2/c1-4-12-38(13-5-1)40-22-24-41(25-23-40)43-28-32-46(33-29-43)57(45-30-26-42(27-31-45)39-14-6-2-7-15-39)47-34-35-53-51(36-47)56-49(19-11-21-54(56)58-53)48-18-10-20-52-50(48)37-55(59-52)44-16-8-3-9-17-44/h38-56H,1-37H2. The van der Waals surface area contributed by atoms with E-state index in [0.717, 1.165) is 89.1 Å². The highest BCUT2D eigenvalue weighted by Gasteiger charge is 2.57. The van der Waals surface area contributed by atoms with Gasteiger partial charge in [-0.15, -0.1) is 0 Å². The molecule has 0 spiro atoms. The Bertz CT molecular complexity index is 1290. The number of hydrogen-bond acceptors (Lipinski definition) is 3.